The normalized spacial score (nSPS) is 11.9. The van der Waals surface area contributed by atoms with Gasteiger partial charge in [-0.1, -0.05) is 23.7 Å². The standard InChI is InChI=1S/C19H22ClFN2O3S/c1-13(2)23(4)27(25,26)15-8-5-7-14(11-15)19(24)22(3)12-16-17(20)9-6-10-18(16)21/h5-11,13H,12H2,1-4H3. The first-order valence-electron chi connectivity index (χ1n) is 8.32. The number of hydrogen-bond donors (Lipinski definition) is 0. The molecule has 0 aliphatic rings. The lowest BCUT2D eigenvalue weighted by molar-refractivity contribution is 0.0783. The zero-order chi connectivity index (χ0) is 20.4. The maximum Gasteiger partial charge on any atom is 0.253 e. The molecular weight excluding hydrogens is 391 g/mol. The Bertz CT molecular complexity index is 927. The molecule has 0 N–H and O–H groups in total. The van der Waals surface area contributed by atoms with Gasteiger partial charge in [0.1, 0.15) is 5.82 Å². The van der Waals surface area contributed by atoms with Gasteiger partial charge in [0.05, 0.1) is 4.90 Å². The van der Waals surface area contributed by atoms with E-state index in [1.165, 1.54) is 59.7 Å². The minimum atomic E-state index is -3.71. The highest BCUT2D eigenvalue weighted by molar-refractivity contribution is 7.89. The molecule has 0 radical (unpaired) electrons. The Balaban J connectivity index is 2.30. The predicted molar refractivity (Wildman–Crippen MR) is 104 cm³/mol. The zero-order valence-corrected chi connectivity index (χ0v) is 17.2. The average molecular weight is 413 g/mol. The van der Waals surface area contributed by atoms with Gasteiger partial charge in [-0.3, -0.25) is 4.79 Å². The first kappa shape index (κ1) is 21.3. The van der Waals surface area contributed by atoms with E-state index in [9.17, 15) is 17.6 Å². The largest absolute Gasteiger partial charge is 0.337 e. The summed E-state index contributed by atoms with van der Waals surface area (Å²) in [7, 11) is -0.717. The number of halogens is 2. The molecule has 0 unspecified atom stereocenters. The molecule has 0 aliphatic heterocycles. The quantitative estimate of drug-likeness (QED) is 0.725. The lowest BCUT2D eigenvalue weighted by atomic mass is 10.1. The second-order valence-electron chi connectivity index (χ2n) is 6.50. The summed E-state index contributed by atoms with van der Waals surface area (Å²) in [6.07, 6.45) is 0. The number of carbonyl (C=O) groups excluding carboxylic acids is 1. The van der Waals surface area contributed by atoms with E-state index < -0.39 is 21.7 Å². The summed E-state index contributed by atoms with van der Waals surface area (Å²) in [6.45, 7) is 3.49. The summed E-state index contributed by atoms with van der Waals surface area (Å²) in [6, 6.07) is 9.90. The SMILES string of the molecule is CC(C)N(C)S(=O)(=O)c1cccc(C(=O)N(C)Cc2c(F)cccc2Cl)c1. The van der Waals surface area contributed by atoms with Crippen LogP contribution in [0.15, 0.2) is 47.4 Å². The molecule has 8 heteroatoms. The molecule has 1 amide bonds. The van der Waals surface area contributed by atoms with E-state index in [0.717, 1.165) is 0 Å². The van der Waals surface area contributed by atoms with Gasteiger partial charge in [-0.05, 0) is 44.2 Å². The highest BCUT2D eigenvalue weighted by Crippen LogP contribution is 2.22. The van der Waals surface area contributed by atoms with Crippen molar-refractivity contribution in [1.82, 2.24) is 9.21 Å². The highest BCUT2D eigenvalue weighted by atomic mass is 35.5. The van der Waals surface area contributed by atoms with Crippen LogP contribution in [-0.4, -0.2) is 43.7 Å². The maximum atomic E-state index is 14.0. The van der Waals surface area contributed by atoms with E-state index in [1.54, 1.807) is 19.9 Å². The molecule has 146 valence electrons. The predicted octanol–water partition coefficient (Wildman–Crippen LogP) is 3.78. The fraction of sp³-hybridized carbons (Fsp3) is 0.316. The van der Waals surface area contributed by atoms with Gasteiger partial charge in [-0.25, -0.2) is 12.8 Å². The first-order chi connectivity index (χ1) is 12.6. The summed E-state index contributed by atoms with van der Waals surface area (Å²) in [4.78, 5) is 14.0. The molecule has 0 heterocycles. The molecular formula is C19H22ClFN2O3S. The van der Waals surface area contributed by atoms with Crippen molar-refractivity contribution in [2.24, 2.45) is 0 Å². The summed E-state index contributed by atoms with van der Waals surface area (Å²) in [5.74, 6) is -0.935. The molecule has 2 rings (SSSR count). The van der Waals surface area contributed by atoms with E-state index >= 15 is 0 Å². The second-order valence-corrected chi connectivity index (χ2v) is 8.91. The van der Waals surface area contributed by atoms with Gasteiger partial charge < -0.3 is 4.90 Å². The lowest BCUT2D eigenvalue weighted by Gasteiger charge is -2.22. The van der Waals surface area contributed by atoms with Gasteiger partial charge in [0.2, 0.25) is 10.0 Å². The number of rotatable bonds is 6. The Morgan fingerprint density at radius 1 is 1.15 bits per heavy atom. The van der Waals surface area contributed by atoms with Crippen LogP contribution in [0.2, 0.25) is 5.02 Å². The minimum Gasteiger partial charge on any atom is -0.337 e. The highest BCUT2D eigenvalue weighted by Gasteiger charge is 2.24. The third-order valence-electron chi connectivity index (χ3n) is 4.29. The molecule has 27 heavy (non-hydrogen) atoms. The summed E-state index contributed by atoms with van der Waals surface area (Å²) in [5.41, 5.74) is 0.404. The molecule has 0 bridgehead atoms. The Morgan fingerprint density at radius 2 is 1.78 bits per heavy atom. The Kier molecular flexibility index (Phi) is 6.62. The van der Waals surface area contributed by atoms with Crippen molar-refractivity contribution < 1.29 is 17.6 Å². The van der Waals surface area contributed by atoms with Crippen molar-refractivity contribution in [1.29, 1.82) is 0 Å². The molecule has 0 aliphatic carbocycles. The van der Waals surface area contributed by atoms with Crippen LogP contribution in [0, 0.1) is 5.82 Å². The smallest absolute Gasteiger partial charge is 0.253 e. The van der Waals surface area contributed by atoms with Crippen LogP contribution in [0.3, 0.4) is 0 Å². The van der Waals surface area contributed by atoms with Crippen molar-refractivity contribution in [2.75, 3.05) is 14.1 Å². The minimum absolute atomic E-state index is 0.0295. The Morgan fingerprint density at radius 3 is 2.37 bits per heavy atom. The van der Waals surface area contributed by atoms with Gasteiger partial charge in [0.25, 0.3) is 5.91 Å². The number of sulfonamides is 1. The molecule has 0 saturated heterocycles. The third-order valence-corrected chi connectivity index (χ3v) is 6.67. The van der Waals surface area contributed by atoms with Crippen LogP contribution in [-0.2, 0) is 16.6 Å². The molecule has 0 aromatic heterocycles. The van der Waals surface area contributed by atoms with Gasteiger partial charge >= 0.3 is 0 Å². The van der Waals surface area contributed by atoms with E-state index in [0.29, 0.717) is 0 Å². The first-order valence-corrected chi connectivity index (χ1v) is 10.1. The van der Waals surface area contributed by atoms with Crippen LogP contribution in [0.4, 0.5) is 4.39 Å². The van der Waals surface area contributed by atoms with Crippen molar-refractivity contribution in [2.45, 2.75) is 31.3 Å². The summed E-state index contributed by atoms with van der Waals surface area (Å²) >= 11 is 6.01. The lowest BCUT2D eigenvalue weighted by Crippen LogP contribution is -2.33. The molecule has 0 fully saturated rings. The van der Waals surface area contributed by atoms with Crippen molar-refractivity contribution in [3.05, 3.63) is 64.4 Å². The molecule has 2 aromatic rings. The topological polar surface area (TPSA) is 57.7 Å². The molecule has 0 spiro atoms. The third kappa shape index (κ3) is 4.66. The van der Waals surface area contributed by atoms with Crippen molar-refractivity contribution in [3.8, 4) is 0 Å². The van der Waals surface area contributed by atoms with Gasteiger partial charge in [-0.15, -0.1) is 0 Å². The van der Waals surface area contributed by atoms with Gasteiger partial charge in [0, 0.05) is 42.8 Å². The van der Waals surface area contributed by atoms with E-state index in [4.69, 9.17) is 11.6 Å². The van der Waals surface area contributed by atoms with Crippen LogP contribution in [0.1, 0.15) is 29.8 Å². The van der Waals surface area contributed by atoms with Crippen LogP contribution >= 0.6 is 11.6 Å². The maximum absolute atomic E-state index is 14.0. The molecule has 0 saturated carbocycles. The molecule has 0 atom stereocenters. The fourth-order valence-corrected chi connectivity index (χ4v) is 4.08. The van der Waals surface area contributed by atoms with Crippen molar-refractivity contribution >= 4 is 27.5 Å². The number of benzene rings is 2. The van der Waals surface area contributed by atoms with Crippen LogP contribution in [0.5, 0.6) is 0 Å². The fourth-order valence-electron chi connectivity index (χ4n) is 2.45. The second kappa shape index (κ2) is 8.37. The summed E-state index contributed by atoms with van der Waals surface area (Å²) < 4.78 is 40.5. The Labute approximate surface area is 164 Å². The zero-order valence-electron chi connectivity index (χ0n) is 15.6. The molecule has 2 aromatic carbocycles. The van der Waals surface area contributed by atoms with Crippen LogP contribution < -0.4 is 0 Å². The van der Waals surface area contributed by atoms with E-state index in [-0.39, 0.29) is 33.6 Å². The molecule has 5 nitrogen and oxygen atoms in total. The number of hydrogen-bond acceptors (Lipinski definition) is 3. The summed E-state index contributed by atoms with van der Waals surface area (Å²) in [5, 5.41) is 0.226. The van der Waals surface area contributed by atoms with Crippen molar-refractivity contribution in [3.63, 3.8) is 0 Å². The average Bonchev–Trinajstić information content (AvgIpc) is 2.63. The monoisotopic (exact) mass is 412 g/mol. The number of carbonyl (C=O) groups is 1. The van der Waals surface area contributed by atoms with Crippen LogP contribution in [0.25, 0.3) is 0 Å². The van der Waals surface area contributed by atoms with Gasteiger partial charge in [-0.2, -0.15) is 4.31 Å². The van der Waals surface area contributed by atoms with E-state index in [2.05, 4.69) is 0 Å². The Hall–Kier alpha value is -1.96. The van der Waals surface area contributed by atoms with Gasteiger partial charge in [0.15, 0.2) is 0 Å². The van der Waals surface area contributed by atoms with E-state index in [1.807, 2.05) is 0 Å². The number of nitrogens with zero attached hydrogens (tertiary/aromatic N) is 2. The number of amides is 1.